The predicted molar refractivity (Wildman–Crippen MR) is 141 cm³/mol. The molecule has 1 N–H and O–H groups in total. The van der Waals surface area contributed by atoms with Crippen molar-refractivity contribution in [2.45, 2.75) is 110 Å². The van der Waals surface area contributed by atoms with Crippen molar-refractivity contribution in [3.8, 4) is 5.75 Å². The fraction of sp³-hybridized carbons (Fsp3) is 0.621. The second-order valence-electron chi connectivity index (χ2n) is 11.6. The van der Waals surface area contributed by atoms with Crippen LogP contribution in [0.2, 0.25) is 0 Å². The minimum absolute atomic E-state index is 0.0934. The maximum Gasteiger partial charge on any atom is 0.273 e. The van der Waals surface area contributed by atoms with Gasteiger partial charge in [-0.3, -0.25) is 14.3 Å². The number of nitrogens with one attached hydrogen (secondary N) is 1. The Balaban J connectivity index is 1.64. The lowest BCUT2D eigenvalue weighted by Crippen LogP contribution is -2.64. The van der Waals surface area contributed by atoms with Crippen LogP contribution in [0.3, 0.4) is 0 Å². The summed E-state index contributed by atoms with van der Waals surface area (Å²) in [5.74, 6) is 0.561. The second-order valence-corrected chi connectivity index (χ2v) is 11.6. The molecule has 1 aromatic heterocycles. The number of carbonyl (C=O) groups excluding carboxylic acids is 2. The quantitative estimate of drug-likeness (QED) is 0.535. The molecule has 1 aromatic carbocycles. The van der Waals surface area contributed by atoms with Gasteiger partial charge in [-0.1, -0.05) is 65.5 Å². The third-order valence-electron chi connectivity index (χ3n) is 7.48. The summed E-state index contributed by atoms with van der Waals surface area (Å²) in [6.07, 6.45) is 7.65. The van der Waals surface area contributed by atoms with Crippen molar-refractivity contribution in [2.75, 3.05) is 6.61 Å². The molecule has 196 valence electrons. The van der Waals surface area contributed by atoms with Gasteiger partial charge in [0.1, 0.15) is 17.0 Å². The van der Waals surface area contributed by atoms with E-state index < -0.39 is 5.54 Å². The Kier molecular flexibility index (Phi) is 7.76. The molecule has 2 aromatic rings. The van der Waals surface area contributed by atoms with Crippen LogP contribution in [0.4, 0.5) is 0 Å². The van der Waals surface area contributed by atoms with Gasteiger partial charge in [-0.25, -0.2) is 0 Å². The largest absolute Gasteiger partial charge is 0.494 e. The van der Waals surface area contributed by atoms with Crippen LogP contribution >= 0.6 is 0 Å². The van der Waals surface area contributed by atoms with E-state index >= 15 is 0 Å². The summed E-state index contributed by atoms with van der Waals surface area (Å²) in [5, 5.41) is 8.08. The van der Waals surface area contributed by atoms with Gasteiger partial charge in [0.15, 0.2) is 0 Å². The molecule has 0 bridgehead atoms. The monoisotopic (exact) mass is 494 g/mol. The van der Waals surface area contributed by atoms with E-state index in [2.05, 4.69) is 33.0 Å². The second kappa shape index (κ2) is 10.7. The Bertz CT molecular complexity index is 1060. The number of rotatable bonds is 7. The Labute approximate surface area is 215 Å². The van der Waals surface area contributed by atoms with Crippen molar-refractivity contribution in [3.63, 3.8) is 0 Å². The van der Waals surface area contributed by atoms with E-state index in [0.717, 1.165) is 49.1 Å². The van der Waals surface area contributed by atoms with E-state index in [-0.39, 0.29) is 23.3 Å². The van der Waals surface area contributed by atoms with Crippen LogP contribution in [-0.4, -0.2) is 44.7 Å². The molecule has 1 aliphatic carbocycles. The molecule has 1 saturated carbocycles. The smallest absolute Gasteiger partial charge is 0.273 e. The molecule has 2 aliphatic rings. The molecule has 0 spiro atoms. The summed E-state index contributed by atoms with van der Waals surface area (Å²) in [7, 11) is 0. The third kappa shape index (κ3) is 5.60. The summed E-state index contributed by atoms with van der Waals surface area (Å²) in [6, 6.07) is 9.88. The van der Waals surface area contributed by atoms with Crippen LogP contribution < -0.4 is 10.1 Å². The number of fused-ring (bicyclic) bond motifs is 1. The maximum atomic E-state index is 13.9. The molecule has 7 heteroatoms. The highest BCUT2D eigenvalue weighted by Crippen LogP contribution is 2.32. The first-order valence-corrected chi connectivity index (χ1v) is 13.5. The number of ether oxygens (including phenoxy) is 1. The minimum Gasteiger partial charge on any atom is -0.494 e. The fourth-order valence-corrected chi connectivity index (χ4v) is 5.11. The topological polar surface area (TPSA) is 76.5 Å². The van der Waals surface area contributed by atoms with Gasteiger partial charge >= 0.3 is 0 Å². The highest BCUT2D eigenvalue weighted by Gasteiger charge is 2.48. The van der Waals surface area contributed by atoms with E-state index in [1.807, 2.05) is 37.3 Å². The molecule has 2 amide bonds. The predicted octanol–water partition coefficient (Wildman–Crippen LogP) is 5.22. The molecule has 1 fully saturated rings. The number of nitrogens with zero attached hydrogens (tertiary/aromatic N) is 3. The van der Waals surface area contributed by atoms with Gasteiger partial charge in [-0.2, -0.15) is 5.10 Å². The van der Waals surface area contributed by atoms with Crippen LogP contribution in [0, 0.1) is 0 Å². The molecule has 0 radical (unpaired) electrons. The van der Waals surface area contributed by atoms with E-state index in [1.54, 1.807) is 9.58 Å². The number of carbonyl (C=O) groups is 2. The summed E-state index contributed by atoms with van der Waals surface area (Å²) < 4.78 is 7.46. The molecular formula is C29H42N4O3. The van der Waals surface area contributed by atoms with E-state index in [9.17, 15) is 9.59 Å². The molecule has 7 nitrogen and oxygen atoms in total. The van der Waals surface area contributed by atoms with Crippen molar-refractivity contribution in [2.24, 2.45) is 0 Å². The number of benzene rings is 1. The van der Waals surface area contributed by atoms with Crippen LogP contribution in [0.25, 0.3) is 0 Å². The van der Waals surface area contributed by atoms with E-state index in [0.29, 0.717) is 25.4 Å². The zero-order chi connectivity index (χ0) is 25.9. The average molecular weight is 495 g/mol. The molecule has 36 heavy (non-hydrogen) atoms. The Morgan fingerprint density at radius 1 is 1.14 bits per heavy atom. The molecule has 1 aliphatic heterocycles. The SMILES string of the molecule is CCCOc1ccc(CN2C(=O)c3cc(C(C)(C)C)nn3C[C@@]2(C)C(=O)NC2CCCCCC2)cc1. The summed E-state index contributed by atoms with van der Waals surface area (Å²) in [6.45, 7) is 11.6. The van der Waals surface area contributed by atoms with E-state index in [1.165, 1.54) is 12.8 Å². The Morgan fingerprint density at radius 3 is 2.42 bits per heavy atom. The lowest BCUT2D eigenvalue weighted by molar-refractivity contribution is -0.134. The van der Waals surface area contributed by atoms with Gasteiger partial charge in [0.2, 0.25) is 5.91 Å². The summed E-state index contributed by atoms with van der Waals surface area (Å²) >= 11 is 0. The molecule has 0 saturated heterocycles. The van der Waals surface area contributed by atoms with Gasteiger partial charge < -0.3 is 15.0 Å². The number of hydrogen-bond acceptors (Lipinski definition) is 4. The van der Waals surface area contributed by atoms with Crippen LogP contribution in [0.5, 0.6) is 5.75 Å². The van der Waals surface area contributed by atoms with Gasteiger partial charge in [-0.05, 0) is 49.9 Å². The Hall–Kier alpha value is -2.83. The zero-order valence-corrected chi connectivity index (χ0v) is 22.6. The first-order chi connectivity index (χ1) is 17.1. The van der Waals surface area contributed by atoms with Crippen molar-refractivity contribution in [1.82, 2.24) is 20.0 Å². The molecule has 1 atom stereocenters. The van der Waals surface area contributed by atoms with Crippen LogP contribution in [0.1, 0.15) is 101 Å². The fourth-order valence-electron chi connectivity index (χ4n) is 5.11. The molecular weight excluding hydrogens is 452 g/mol. The van der Waals surface area contributed by atoms with Crippen molar-refractivity contribution in [3.05, 3.63) is 47.3 Å². The summed E-state index contributed by atoms with van der Waals surface area (Å²) in [5.41, 5.74) is 1.13. The molecule has 0 unspecified atom stereocenters. The average Bonchev–Trinajstić information content (AvgIpc) is 3.11. The molecule has 4 rings (SSSR count). The van der Waals surface area contributed by atoms with Gasteiger partial charge in [0.05, 0.1) is 18.8 Å². The normalized spacial score (nSPS) is 21.1. The lowest BCUT2D eigenvalue weighted by atomic mass is 9.91. The first kappa shape index (κ1) is 26.2. The highest BCUT2D eigenvalue weighted by molar-refractivity contribution is 5.99. The van der Waals surface area contributed by atoms with Gasteiger partial charge in [0.25, 0.3) is 5.91 Å². The number of aromatic nitrogens is 2. The standard InChI is InChI=1S/C29H42N4O3/c1-6-17-36-23-15-13-21(14-16-23)19-32-26(34)24-18-25(28(2,3)4)31-33(24)20-29(32,5)27(35)30-22-11-9-7-8-10-12-22/h13-16,18,22H,6-12,17,19-20H2,1-5H3,(H,30,35)/t29-/m0/s1. The van der Waals surface area contributed by atoms with Crippen molar-refractivity contribution in [1.29, 1.82) is 0 Å². The van der Waals surface area contributed by atoms with Crippen LogP contribution in [0.15, 0.2) is 30.3 Å². The maximum absolute atomic E-state index is 13.9. The van der Waals surface area contributed by atoms with Gasteiger partial charge in [0, 0.05) is 18.0 Å². The zero-order valence-electron chi connectivity index (χ0n) is 22.6. The first-order valence-electron chi connectivity index (χ1n) is 13.5. The van der Waals surface area contributed by atoms with Crippen molar-refractivity contribution < 1.29 is 14.3 Å². The number of hydrogen-bond donors (Lipinski definition) is 1. The van der Waals surface area contributed by atoms with E-state index in [4.69, 9.17) is 9.84 Å². The Morgan fingerprint density at radius 2 is 1.81 bits per heavy atom. The summed E-state index contributed by atoms with van der Waals surface area (Å²) in [4.78, 5) is 29.5. The van der Waals surface area contributed by atoms with Gasteiger partial charge in [-0.15, -0.1) is 0 Å². The number of amides is 2. The highest BCUT2D eigenvalue weighted by atomic mass is 16.5. The molecule has 2 heterocycles. The van der Waals surface area contributed by atoms with Crippen molar-refractivity contribution >= 4 is 11.8 Å². The third-order valence-corrected chi connectivity index (χ3v) is 7.48. The lowest BCUT2D eigenvalue weighted by Gasteiger charge is -2.44. The minimum atomic E-state index is -1.05. The van der Waals surface area contributed by atoms with Crippen LogP contribution in [-0.2, 0) is 23.3 Å².